The van der Waals surface area contributed by atoms with E-state index in [0.717, 1.165) is 26.3 Å². The van der Waals surface area contributed by atoms with Gasteiger partial charge in [-0.1, -0.05) is 45.9 Å². The molecule has 22 heavy (non-hydrogen) atoms. The maximum atomic E-state index is 12.3. The van der Waals surface area contributed by atoms with E-state index in [1.54, 1.807) is 0 Å². The van der Waals surface area contributed by atoms with Crippen molar-refractivity contribution in [1.29, 1.82) is 0 Å². The van der Waals surface area contributed by atoms with E-state index in [9.17, 15) is 4.79 Å². The summed E-state index contributed by atoms with van der Waals surface area (Å²) < 4.78 is 0.933. The summed E-state index contributed by atoms with van der Waals surface area (Å²) in [7, 11) is 0. The third kappa shape index (κ3) is 3.51. The fourth-order valence-electron chi connectivity index (χ4n) is 2.02. The number of benzene rings is 2. The van der Waals surface area contributed by atoms with Crippen molar-refractivity contribution in [2.45, 2.75) is 17.3 Å². The van der Waals surface area contributed by atoms with Crippen molar-refractivity contribution < 1.29 is 4.79 Å². The van der Waals surface area contributed by atoms with Crippen LogP contribution in [0.2, 0.25) is 0 Å². The predicted octanol–water partition coefficient (Wildman–Crippen LogP) is 4.44. The second-order valence-corrected chi connectivity index (χ2v) is 7.06. The number of H-pyrrole nitrogens is 1. The summed E-state index contributed by atoms with van der Waals surface area (Å²) >= 11 is 4.80. The van der Waals surface area contributed by atoms with Crippen LogP contribution < -0.4 is 5.32 Å². The average Bonchev–Trinajstić information content (AvgIpc) is 2.89. The lowest BCUT2D eigenvalue weighted by Gasteiger charge is -2.10. The van der Waals surface area contributed by atoms with E-state index in [4.69, 9.17) is 0 Å². The molecule has 0 aliphatic heterocycles. The highest BCUT2D eigenvalue weighted by molar-refractivity contribution is 9.10. The molecule has 1 unspecified atom stereocenters. The third-order valence-electron chi connectivity index (χ3n) is 3.12. The molecule has 4 nitrogen and oxygen atoms in total. The number of nitrogens with one attached hydrogen (secondary N) is 2. The minimum absolute atomic E-state index is 0.0523. The van der Waals surface area contributed by atoms with Gasteiger partial charge in [-0.2, -0.15) is 0 Å². The standard InChI is InChI=1S/C16H14BrN3OS/c1-10(15(21)18-12-6-4-5-11(17)9-12)22-16-19-13-7-2-3-8-14(13)20-16/h2-10H,1H3,(H,18,21)(H,19,20). The van der Waals surface area contributed by atoms with Gasteiger partial charge < -0.3 is 10.3 Å². The van der Waals surface area contributed by atoms with Gasteiger partial charge in [0.2, 0.25) is 5.91 Å². The number of halogens is 1. The van der Waals surface area contributed by atoms with Gasteiger partial charge in [-0.25, -0.2) is 4.98 Å². The normalized spacial score (nSPS) is 12.3. The van der Waals surface area contributed by atoms with E-state index < -0.39 is 0 Å². The second-order valence-electron chi connectivity index (χ2n) is 4.82. The number of amides is 1. The molecule has 0 fully saturated rings. The minimum atomic E-state index is -0.250. The summed E-state index contributed by atoms with van der Waals surface area (Å²) in [5, 5.41) is 3.40. The minimum Gasteiger partial charge on any atom is -0.333 e. The van der Waals surface area contributed by atoms with Crippen molar-refractivity contribution in [3.63, 3.8) is 0 Å². The van der Waals surface area contributed by atoms with Crippen molar-refractivity contribution in [3.05, 3.63) is 53.0 Å². The number of imidazole rings is 1. The zero-order valence-corrected chi connectivity index (χ0v) is 14.2. The number of rotatable bonds is 4. The van der Waals surface area contributed by atoms with E-state index in [0.29, 0.717) is 0 Å². The fourth-order valence-corrected chi connectivity index (χ4v) is 3.24. The van der Waals surface area contributed by atoms with Gasteiger partial charge >= 0.3 is 0 Å². The topological polar surface area (TPSA) is 57.8 Å². The molecule has 3 rings (SSSR count). The molecular weight excluding hydrogens is 362 g/mol. The summed E-state index contributed by atoms with van der Waals surface area (Å²) in [5.41, 5.74) is 2.66. The first-order valence-corrected chi connectivity index (χ1v) is 8.47. The molecule has 6 heteroatoms. The van der Waals surface area contributed by atoms with Crippen LogP contribution in [0.5, 0.6) is 0 Å². The molecule has 1 atom stereocenters. The number of para-hydroxylation sites is 2. The summed E-state index contributed by atoms with van der Waals surface area (Å²) in [6, 6.07) is 15.4. The maximum Gasteiger partial charge on any atom is 0.237 e. The van der Waals surface area contributed by atoms with Gasteiger partial charge in [0.05, 0.1) is 16.3 Å². The van der Waals surface area contributed by atoms with Gasteiger partial charge in [0.25, 0.3) is 0 Å². The van der Waals surface area contributed by atoms with Crippen LogP contribution in [-0.4, -0.2) is 21.1 Å². The lowest BCUT2D eigenvalue weighted by Crippen LogP contribution is -2.22. The summed E-state index contributed by atoms with van der Waals surface area (Å²) in [4.78, 5) is 19.9. The molecule has 0 saturated carbocycles. The van der Waals surface area contributed by atoms with Gasteiger partial charge in [-0.05, 0) is 37.3 Å². The highest BCUT2D eigenvalue weighted by Gasteiger charge is 2.16. The molecule has 112 valence electrons. The van der Waals surface area contributed by atoms with Crippen LogP contribution in [-0.2, 0) is 4.79 Å². The molecule has 1 heterocycles. The van der Waals surface area contributed by atoms with E-state index >= 15 is 0 Å². The Bertz CT molecular complexity index is 785. The highest BCUT2D eigenvalue weighted by Crippen LogP contribution is 2.24. The Labute approximate surface area is 140 Å². The van der Waals surface area contributed by atoms with Crippen LogP contribution in [0, 0.1) is 0 Å². The lowest BCUT2D eigenvalue weighted by atomic mass is 10.3. The Morgan fingerprint density at radius 1 is 1.27 bits per heavy atom. The predicted molar refractivity (Wildman–Crippen MR) is 94.2 cm³/mol. The SMILES string of the molecule is CC(Sc1nc2ccccc2[nH]1)C(=O)Nc1cccc(Br)c1. The van der Waals surface area contributed by atoms with Crippen LogP contribution >= 0.6 is 27.7 Å². The first-order chi connectivity index (χ1) is 10.6. The average molecular weight is 376 g/mol. The molecule has 0 radical (unpaired) electrons. The summed E-state index contributed by atoms with van der Waals surface area (Å²) in [6.07, 6.45) is 0. The highest BCUT2D eigenvalue weighted by atomic mass is 79.9. The Kier molecular flexibility index (Phi) is 4.49. The Hall–Kier alpha value is -1.79. The maximum absolute atomic E-state index is 12.3. The molecule has 0 aliphatic rings. The number of thioether (sulfide) groups is 1. The van der Waals surface area contributed by atoms with Crippen molar-refractivity contribution in [2.24, 2.45) is 0 Å². The van der Waals surface area contributed by atoms with Crippen LogP contribution in [0.3, 0.4) is 0 Å². The van der Waals surface area contributed by atoms with Gasteiger partial charge in [-0.3, -0.25) is 4.79 Å². The Balaban J connectivity index is 1.68. The number of carbonyl (C=O) groups is 1. The first-order valence-electron chi connectivity index (χ1n) is 6.79. The smallest absolute Gasteiger partial charge is 0.237 e. The van der Waals surface area contributed by atoms with Crippen LogP contribution in [0.15, 0.2) is 58.2 Å². The molecular formula is C16H14BrN3OS. The molecule has 0 spiro atoms. The van der Waals surface area contributed by atoms with Crippen molar-refractivity contribution >= 4 is 50.3 Å². The number of fused-ring (bicyclic) bond motifs is 1. The summed E-state index contributed by atoms with van der Waals surface area (Å²) in [6.45, 7) is 1.87. The number of anilines is 1. The fraction of sp³-hybridized carbons (Fsp3) is 0.125. The number of nitrogens with zero attached hydrogens (tertiary/aromatic N) is 1. The summed E-state index contributed by atoms with van der Waals surface area (Å²) in [5.74, 6) is -0.0523. The molecule has 0 aliphatic carbocycles. The van der Waals surface area contributed by atoms with Crippen LogP contribution in [0.4, 0.5) is 5.69 Å². The number of hydrogen-bond acceptors (Lipinski definition) is 3. The zero-order chi connectivity index (χ0) is 15.5. The monoisotopic (exact) mass is 375 g/mol. The molecule has 0 saturated heterocycles. The van der Waals surface area contributed by atoms with Gasteiger partial charge in [-0.15, -0.1) is 0 Å². The quantitative estimate of drug-likeness (QED) is 0.662. The molecule has 2 N–H and O–H groups in total. The van der Waals surface area contributed by atoms with Gasteiger partial charge in [0.1, 0.15) is 0 Å². The third-order valence-corrected chi connectivity index (χ3v) is 4.59. The zero-order valence-electron chi connectivity index (χ0n) is 11.8. The lowest BCUT2D eigenvalue weighted by molar-refractivity contribution is -0.115. The number of aromatic nitrogens is 2. The van der Waals surface area contributed by atoms with E-state index in [1.807, 2.05) is 55.5 Å². The molecule has 2 aromatic carbocycles. The van der Waals surface area contributed by atoms with E-state index in [1.165, 1.54) is 11.8 Å². The second kappa shape index (κ2) is 6.54. The number of carbonyl (C=O) groups excluding carboxylic acids is 1. The largest absolute Gasteiger partial charge is 0.333 e. The van der Waals surface area contributed by atoms with Crippen LogP contribution in [0.25, 0.3) is 11.0 Å². The van der Waals surface area contributed by atoms with Crippen molar-refractivity contribution in [1.82, 2.24) is 9.97 Å². The van der Waals surface area contributed by atoms with E-state index in [-0.39, 0.29) is 11.2 Å². The Morgan fingerprint density at radius 2 is 2.09 bits per heavy atom. The number of hydrogen-bond donors (Lipinski definition) is 2. The van der Waals surface area contributed by atoms with Crippen molar-refractivity contribution in [2.75, 3.05) is 5.32 Å². The Morgan fingerprint density at radius 3 is 2.86 bits per heavy atom. The molecule has 0 bridgehead atoms. The van der Waals surface area contributed by atoms with Crippen LogP contribution in [0.1, 0.15) is 6.92 Å². The molecule has 1 aromatic heterocycles. The molecule has 3 aromatic rings. The van der Waals surface area contributed by atoms with Crippen molar-refractivity contribution in [3.8, 4) is 0 Å². The first kappa shape index (κ1) is 15.1. The number of aromatic amines is 1. The van der Waals surface area contributed by atoms with Gasteiger partial charge in [0.15, 0.2) is 5.16 Å². The van der Waals surface area contributed by atoms with Gasteiger partial charge in [0, 0.05) is 10.2 Å². The van der Waals surface area contributed by atoms with E-state index in [2.05, 4.69) is 31.2 Å². The molecule has 1 amide bonds.